The molecule has 1 aromatic carbocycles. The molecular formula is C39H59ClN4O7Si2. The molecule has 4 atom stereocenters. The van der Waals surface area contributed by atoms with E-state index in [-0.39, 0.29) is 48.4 Å². The van der Waals surface area contributed by atoms with Crippen molar-refractivity contribution in [2.24, 2.45) is 0 Å². The number of carbonyl (C=O) groups is 1. The Morgan fingerprint density at radius 2 is 1.64 bits per heavy atom. The van der Waals surface area contributed by atoms with Crippen molar-refractivity contribution in [3.05, 3.63) is 40.9 Å². The SMILES string of the molecule is CCNC(=O)O[C@H]1CC[C@H](c2ccc(-c3nc4c(cc3Cl)nc(O[C@@H]3CO[C@H]5[C@@H]3OC[C@H]5O[Si](C)(C)C(C)(C)C)n4COCC[Si](C)(C)C)cc2)CC1. The van der Waals surface area contributed by atoms with E-state index in [0.717, 1.165) is 37.3 Å². The molecule has 53 heavy (non-hydrogen) atoms. The van der Waals surface area contributed by atoms with Crippen LogP contribution in [0.1, 0.15) is 64.9 Å². The van der Waals surface area contributed by atoms with Gasteiger partial charge in [-0.15, -0.1) is 0 Å². The van der Waals surface area contributed by atoms with E-state index in [1.807, 2.05) is 17.6 Å². The molecule has 3 fully saturated rings. The first kappa shape index (κ1) is 40.1. The van der Waals surface area contributed by atoms with Crippen molar-refractivity contribution in [1.82, 2.24) is 19.9 Å². The number of nitrogens with zero attached hydrogens (tertiary/aromatic N) is 3. The van der Waals surface area contributed by atoms with Gasteiger partial charge in [0.05, 0.1) is 30.0 Å². The van der Waals surface area contributed by atoms with Crippen LogP contribution >= 0.6 is 11.6 Å². The number of amides is 1. The summed E-state index contributed by atoms with van der Waals surface area (Å²) >= 11 is 6.91. The second kappa shape index (κ2) is 16.3. The highest BCUT2D eigenvalue weighted by Gasteiger charge is 2.52. The van der Waals surface area contributed by atoms with E-state index >= 15 is 0 Å². The van der Waals surface area contributed by atoms with E-state index in [0.29, 0.717) is 60.2 Å². The van der Waals surface area contributed by atoms with Crippen LogP contribution in [0, 0.1) is 0 Å². The predicted octanol–water partition coefficient (Wildman–Crippen LogP) is 8.77. The van der Waals surface area contributed by atoms with Gasteiger partial charge in [-0.3, -0.25) is 4.57 Å². The monoisotopic (exact) mass is 786 g/mol. The lowest BCUT2D eigenvalue weighted by atomic mass is 9.82. The molecule has 1 N–H and O–H groups in total. The number of hydrogen-bond acceptors (Lipinski definition) is 9. The van der Waals surface area contributed by atoms with Crippen LogP contribution in [0.5, 0.6) is 6.01 Å². The van der Waals surface area contributed by atoms with Gasteiger partial charge in [0.25, 0.3) is 0 Å². The zero-order chi connectivity index (χ0) is 38.1. The fraction of sp³-hybridized carbons (Fsp3) is 0.667. The number of imidazole rings is 1. The molecule has 3 aliphatic rings. The summed E-state index contributed by atoms with van der Waals surface area (Å²) in [5.41, 5.74) is 4.13. The van der Waals surface area contributed by atoms with Crippen molar-refractivity contribution >= 4 is 45.2 Å². The number of aromatic nitrogens is 3. The number of carbonyl (C=O) groups excluding carboxylic acids is 1. The van der Waals surface area contributed by atoms with Crippen LogP contribution in [0.3, 0.4) is 0 Å². The highest BCUT2D eigenvalue weighted by atomic mass is 35.5. The summed E-state index contributed by atoms with van der Waals surface area (Å²) < 4.78 is 39.7. The fourth-order valence-corrected chi connectivity index (χ4v) is 9.36. The zero-order valence-electron chi connectivity index (χ0n) is 33.0. The Morgan fingerprint density at radius 3 is 2.28 bits per heavy atom. The Labute approximate surface area is 321 Å². The minimum Gasteiger partial charge on any atom is -0.456 e. The largest absolute Gasteiger partial charge is 0.456 e. The fourth-order valence-electron chi connectivity index (χ4n) is 7.03. The van der Waals surface area contributed by atoms with Crippen LogP contribution in [-0.4, -0.2) is 93.9 Å². The number of hydrogen-bond donors (Lipinski definition) is 1. The average Bonchev–Trinajstić information content (AvgIpc) is 3.77. The highest BCUT2D eigenvalue weighted by Crippen LogP contribution is 2.41. The van der Waals surface area contributed by atoms with E-state index in [1.54, 1.807) is 0 Å². The van der Waals surface area contributed by atoms with Crippen LogP contribution in [0.2, 0.25) is 48.8 Å². The van der Waals surface area contributed by atoms with Crippen LogP contribution in [0.25, 0.3) is 22.4 Å². The minimum absolute atomic E-state index is 0.0309. The predicted molar refractivity (Wildman–Crippen MR) is 213 cm³/mol. The first-order chi connectivity index (χ1) is 25.0. The third-order valence-electron chi connectivity index (χ3n) is 11.3. The number of rotatable bonds is 13. The van der Waals surface area contributed by atoms with Crippen LogP contribution < -0.4 is 10.1 Å². The van der Waals surface area contributed by atoms with Crippen molar-refractivity contribution in [3.8, 4) is 17.3 Å². The van der Waals surface area contributed by atoms with Gasteiger partial charge in [0.2, 0.25) is 0 Å². The van der Waals surface area contributed by atoms with Crippen LogP contribution in [0.15, 0.2) is 30.3 Å². The van der Waals surface area contributed by atoms with Crippen molar-refractivity contribution in [2.45, 2.75) is 140 Å². The molecule has 3 aromatic rings. The normalized spacial score (nSPS) is 25.1. The molecule has 1 saturated carbocycles. The molecule has 6 rings (SSSR count). The van der Waals surface area contributed by atoms with Crippen LogP contribution in [0.4, 0.5) is 4.79 Å². The van der Waals surface area contributed by atoms with Crippen LogP contribution in [-0.2, 0) is 30.1 Å². The number of nitrogens with one attached hydrogen (secondary N) is 1. The molecule has 1 amide bonds. The lowest BCUT2D eigenvalue weighted by molar-refractivity contribution is 0.00687. The van der Waals surface area contributed by atoms with Crippen molar-refractivity contribution in [2.75, 3.05) is 26.4 Å². The van der Waals surface area contributed by atoms with Crippen molar-refractivity contribution in [1.29, 1.82) is 0 Å². The quantitative estimate of drug-likeness (QED) is 0.134. The average molecular weight is 788 g/mol. The minimum atomic E-state index is -2.02. The number of pyridine rings is 1. The molecule has 1 aliphatic carbocycles. The first-order valence-corrected chi connectivity index (χ1v) is 26.3. The van der Waals surface area contributed by atoms with E-state index < -0.39 is 16.4 Å². The smallest absolute Gasteiger partial charge is 0.407 e. The maximum Gasteiger partial charge on any atom is 0.407 e. The molecule has 4 heterocycles. The van der Waals surface area contributed by atoms with Gasteiger partial charge in [0.15, 0.2) is 20.1 Å². The van der Waals surface area contributed by atoms with Gasteiger partial charge in [0, 0.05) is 26.8 Å². The summed E-state index contributed by atoms with van der Waals surface area (Å²) in [7, 11) is -3.32. The highest BCUT2D eigenvalue weighted by molar-refractivity contribution is 6.76. The molecule has 2 saturated heterocycles. The molecule has 0 bridgehead atoms. The summed E-state index contributed by atoms with van der Waals surface area (Å²) in [6.45, 7) is 22.5. The van der Waals surface area contributed by atoms with Crippen molar-refractivity contribution < 1.29 is 32.9 Å². The molecule has 11 nitrogen and oxygen atoms in total. The second-order valence-electron chi connectivity index (χ2n) is 17.5. The Morgan fingerprint density at radius 1 is 0.981 bits per heavy atom. The van der Waals surface area contributed by atoms with E-state index in [2.05, 4.69) is 83.1 Å². The first-order valence-electron chi connectivity index (χ1n) is 19.3. The number of alkyl carbamates (subject to hydrolysis) is 1. The maximum atomic E-state index is 11.9. The molecule has 0 unspecified atom stereocenters. The van der Waals surface area contributed by atoms with E-state index in [4.69, 9.17) is 49.7 Å². The van der Waals surface area contributed by atoms with Crippen molar-refractivity contribution in [3.63, 3.8) is 0 Å². The van der Waals surface area contributed by atoms with Gasteiger partial charge < -0.3 is 33.4 Å². The van der Waals surface area contributed by atoms with Gasteiger partial charge in [-0.2, -0.15) is 4.98 Å². The Balaban J connectivity index is 1.20. The number of ether oxygens (including phenoxy) is 5. The van der Waals surface area contributed by atoms with Gasteiger partial charge in [-0.25, -0.2) is 9.78 Å². The lowest BCUT2D eigenvalue weighted by Gasteiger charge is -2.39. The molecular weight excluding hydrogens is 728 g/mol. The Bertz CT molecular complexity index is 1720. The number of benzene rings is 1. The molecule has 14 heteroatoms. The maximum absolute atomic E-state index is 11.9. The zero-order valence-corrected chi connectivity index (χ0v) is 35.8. The second-order valence-corrected chi connectivity index (χ2v) is 28.3. The van der Waals surface area contributed by atoms with E-state index in [1.165, 1.54) is 5.56 Å². The molecule has 0 radical (unpaired) electrons. The van der Waals surface area contributed by atoms with Gasteiger partial charge in [-0.05, 0) is 74.3 Å². The summed E-state index contributed by atoms with van der Waals surface area (Å²) in [5.74, 6) is 0.412. The third-order valence-corrected chi connectivity index (χ3v) is 17.7. The standard InChI is InChI=1S/C39H59ClN4O7Si2/c1-10-41-38(45)49-28-17-15-26(16-18-28)25-11-13-27(14-12-25)33-29(40)21-30-36(43-33)44(24-46-19-20-52(5,6)7)37(42-30)50-31-22-47-35-32(23-48-34(31)35)51-53(8,9)39(2,3)4/h11-14,21,26,28,31-32,34-35H,10,15-20,22-24H2,1-9H3,(H,41,45)/t26-,28-,31-,32-,34-,35-/m1/s1. The third kappa shape index (κ3) is 9.48. The Hall–Kier alpha value is -2.53. The Kier molecular flexibility index (Phi) is 12.3. The molecule has 2 aliphatic heterocycles. The van der Waals surface area contributed by atoms with Gasteiger partial charge in [0.1, 0.15) is 30.6 Å². The van der Waals surface area contributed by atoms with Gasteiger partial charge in [-0.1, -0.05) is 76.3 Å². The summed E-state index contributed by atoms with van der Waals surface area (Å²) in [6, 6.07) is 11.8. The molecule has 2 aromatic heterocycles. The number of halogens is 1. The number of fused-ring (bicyclic) bond motifs is 2. The topological polar surface area (TPSA) is 115 Å². The summed E-state index contributed by atoms with van der Waals surface area (Å²) in [5, 5.41) is 3.32. The lowest BCUT2D eigenvalue weighted by Crippen LogP contribution is -2.47. The summed E-state index contributed by atoms with van der Waals surface area (Å²) in [4.78, 5) is 21.9. The van der Waals surface area contributed by atoms with Gasteiger partial charge >= 0.3 is 12.1 Å². The van der Waals surface area contributed by atoms with E-state index in [9.17, 15) is 4.79 Å². The molecule has 0 spiro atoms. The summed E-state index contributed by atoms with van der Waals surface area (Å²) in [6.07, 6.45) is 2.34. The molecule has 292 valence electrons.